The number of nitrogens with zero attached hydrogens (tertiary/aromatic N) is 3. The summed E-state index contributed by atoms with van der Waals surface area (Å²) in [4.78, 5) is 14.1. The third kappa shape index (κ3) is 4.06. The summed E-state index contributed by atoms with van der Waals surface area (Å²) in [7, 11) is 0. The van der Waals surface area contributed by atoms with Gasteiger partial charge in [-0.1, -0.05) is 6.92 Å². The van der Waals surface area contributed by atoms with E-state index in [9.17, 15) is 9.90 Å². The van der Waals surface area contributed by atoms with Crippen LogP contribution in [0, 0.1) is 11.8 Å². The van der Waals surface area contributed by atoms with Crippen LogP contribution in [0.15, 0.2) is 23.8 Å². The van der Waals surface area contributed by atoms with Gasteiger partial charge in [-0.3, -0.25) is 4.79 Å². The van der Waals surface area contributed by atoms with Crippen molar-refractivity contribution in [1.29, 1.82) is 0 Å². The zero-order chi connectivity index (χ0) is 16.2. The minimum absolute atomic E-state index is 0.143. The lowest BCUT2D eigenvalue weighted by Crippen LogP contribution is -2.13. The van der Waals surface area contributed by atoms with Gasteiger partial charge in [0.2, 0.25) is 0 Å². The van der Waals surface area contributed by atoms with Crippen LogP contribution in [-0.2, 0) is 0 Å². The molecule has 0 saturated heterocycles. The van der Waals surface area contributed by atoms with E-state index < -0.39 is 0 Å². The Morgan fingerprint density at radius 3 is 2.91 bits per heavy atom. The zero-order valence-corrected chi connectivity index (χ0v) is 14.2. The van der Waals surface area contributed by atoms with E-state index in [0.717, 1.165) is 37.1 Å². The van der Waals surface area contributed by atoms with Crippen LogP contribution in [0.2, 0.25) is 0 Å². The van der Waals surface area contributed by atoms with Gasteiger partial charge in [-0.25, -0.2) is 0 Å². The van der Waals surface area contributed by atoms with E-state index in [2.05, 4.69) is 17.1 Å². The first-order valence-electron chi connectivity index (χ1n) is 8.29. The molecule has 23 heavy (non-hydrogen) atoms. The Morgan fingerprint density at radius 2 is 2.13 bits per heavy atom. The first-order valence-corrected chi connectivity index (χ1v) is 9.17. The summed E-state index contributed by atoms with van der Waals surface area (Å²) in [5.41, 5.74) is 0.702. The number of carbonyl (C=O) groups is 1. The van der Waals surface area contributed by atoms with Gasteiger partial charge in [0.05, 0.1) is 24.1 Å². The Balaban J connectivity index is 1.63. The van der Waals surface area contributed by atoms with Crippen molar-refractivity contribution in [3.05, 3.63) is 29.4 Å². The number of thiophene rings is 1. The quantitative estimate of drug-likeness (QED) is 0.672. The van der Waals surface area contributed by atoms with Gasteiger partial charge in [0.15, 0.2) is 5.78 Å². The lowest BCUT2D eigenvalue weighted by atomic mass is 9.89. The fourth-order valence-corrected chi connectivity index (χ4v) is 4.29. The smallest absolute Gasteiger partial charge is 0.166 e. The van der Waals surface area contributed by atoms with Gasteiger partial charge in [0, 0.05) is 6.42 Å². The molecule has 3 rings (SSSR count). The predicted octanol–water partition coefficient (Wildman–Crippen LogP) is 3.48. The molecule has 2 aromatic heterocycles. The second kappa shape index (κ2) is 7.36. The van der Waals surface area contributed by atoms with Gasteiger partial charge < -0.3 is 5.11 Å². The molecule has 1 fully saturated rings. The lowest BCUT2D eigenvalue weighted by Gasteiger charge is -2.17. The average Bonchev–Trinajstić information content (AvgIpc) is 3.17. The van der Waals surface area contributed by atoms with Crippen LogP contribution < -0.4 is 0 Å². The van der Waals surface area contributed by atoms with Crippen molar-refractivity contribution < 1.29 is 9.90 Å². The minimum Gasteiger partial charge on any atom is -0.393 e. The zero-order valence-electron chi connectivity index (χ0n) is 13.4. The lowest BCUT2D eigenvalue weighted by molar-refractivity contribution is 0.0959. The molecule has 2 heterocycles. The Bertz CT molecular complexity index is 626. The molecule has 5 nitrogen and oxygen atoms in total. The second-order valence-electron chi connectivity index (χ2n) is 6.59. The largest absolute Gasteiger partial charge is 0.393 e. The van der Waals surface area contributed by atoms with E-state index in [-0.39, 0.29) is 11.9 Å². The molecule has 3 unspecified atom stereocenters. The van der Waals surface area contributed by atoms with Gasteiger partial charge in [-0.15, -0.1) is 16.1 Å². The molecule has 0 bridgehead atoms. The van der Waals surface area contributed by atoms with E-state index in [4.69, 9.17) is 0 Å². The van der Waals surface area contributed by atoms with Crippen LogP contribution in [0.5, 0.6) is 0 Å². The van der Waals surface area contributed by atoms with Crippen molar-refractivity contribution in [2.45, 2.75) is 51.6 Å². The van der Waals surface area contributed by atoms with Crippen LogP contribution in [-0.4, -0.2) is 32.0 Å². The van der Waals surface area contributed by atoms with Gasteiger partial charge >= 0.3 is 0 Å². The van der Waals surface area contributed by atoms with Crippen LogP contribution in [0.25, 0.3) is 5.00 Å². The van der Waals surface area contributed by atoms with E-state index in [0.29, 0.717) is 23.8 Å². The van der Waals surface area contributed by atoms with Gasteiger partial charge in [0.25, 0.3) is 0 Å². The van der Waals surface area contributed by atoms with Crippen molar-refractivity contribution in [2.75, 3.05) is 0 Å². The third-order valence-electron chi connectivity index (χ3n) is 4.66. The molecule has 3 atom stereocenters. The monoisotopic (exact) mass is 333 g/mol. The van der Waals surface area contributed by atoms with E-state index in [1.54, 1.807) is 12.4 Å². The Hall–Kier alpha value is -1.53. The Morgan fingerprint density at radius 1 is 1.35 bits per heavy atom. The molecular weight excluding hydrogens is 310 g/mol. The Labute approximate surface area is 140 Å². The Kier molecular flexibility index (Phi) is 5.23. The van der Waals surface area contributed by atoms with Gasteiger partial charge in [0.1, 0.15) is 5.00 Å². The van der Waals surface area contributed by atoms with Crippen molar-refractivity contribution in [1.82, 2.24) is 15.0 Å². The molecule has 2 aromatic rings. The summed E-state index contributed by atoms with van der Waals surface area (Å²) >= 11 is 1.48. The normalized spacial score (nSPS) is 25.2. The first-order chi connectivity index (χ1) is 11.1. The van der Waals surface area contributed by atoms with E-state index in [1.165, 1.54) is 16.1 Å². The fraction of sp³-hybridized carbons (Fsp3) is 0.588. The minimum atomic E-state index is -0.204. The van der Waals surface area contributed by atoms with Crippen LogP contribution in [0.4, 0.5) is 0 Å². The van der Waals surface area contributed by atoms with Crippen molar-refractivity contribution in [3.63, 3.8) is 0 Å². The maximum Gasteiger partial charge on any atom is 0.166 e. The molecule has 0 aliphatic heterocycles. The highest BCUT2D eigenvalue weighted by Gasteiger charge is 2.24. The molecule has 1 aliphatic rings. The summed E-state index contributed by atoms with van der Waals surface area (Å²) in [6, 6.07) is 1.86. The fourth-order valence-electron chi connectivity index (χ4n) is 3.46. The number of ketones is 1. The molecular formula is C17H23N3O2S. The summed E-state index contributed by atoms with van der Waals surface area (Å²) in [5.74, 6) is 1.22. The molecule has 0 radical (unpaired) electrons. The highest BCUT2D eigenvalue weighted by Crippen LogP contribution is 2.31. The number of aliphatic hydroxyl groups is 1. The summed E-state index contributed by atoms with van der Waals surface area (Å²) < 4.78 is 0. The number of rotatable bonds is 5. The number of aromatic nitrogens is 3. The summed E-state index contributed by atoms with van der Waals surface area (Å²) in [6.45, 7) is 2.24. The van der Waals surface area contributed by atoms with Crippen molar-refractivity contribution in [3.8, 4) is 5.00 Å². The van der Waals surface area contributed by atoms with Crippen molar-refractivity contribution >= 4 is 17.1 Å². The SMILES string of the molecule is CC1CCC(O)CC(CCC(=O)c2ccsc2-n2nccn2)C1. The highest BCUT2D eigenvalue weighted by atomic mass is 32.1. The topological polar surface area (TPSA) is 68.0 Å². The molecule has 124 valence electrons. The molecule has 1 aliphatic carbocycles. The van der Waals surface area contributed by atoms with Gasteiger partial charge in [-0.2, -0.15) is 10.2 Å². The third-order valence-corrected chi connectivity index (χ3v) is 5.54. The highest BCUT2D eigenvalue weighted by molar-refractivity contribution is 7.13. The maximum atomic E-state index is 12.6. The summed E-state index contributed by atoms with van der Waals surface area (Å²) in [6.07, 6.45) is 8.32. The average molecular weight is 333 g/mol. The van der Waals surface area contributed by atoms with Crippen LogP contribution in [0.1, 0.15) is 55.8 Å². The number of hydrogen-bond acceptors (Lipinski definition) is 5. The molecule has 0 spiro atoms. The molecule has 6 heteroatoms. The standard InChI is InChI=1S/C17H23N3O2S/c1-12-2-4-14(21)11-13(10-12)3-5-16(22)15-6-9-23-17(15)20-18-7-8-19-20/h6-9,12-14,21H,2-5,10-11H2,1H3. The maximum absolute atomic E-state index is 12.6. The number of carbonyl (C=O) groups excluding carboxylic acids is 1. The number of hydrogen-bond donors (Lipinski definition) is 1. The molecule has 0 amide bonds. The summed E-state index contributed by atoms with van der Waals surface area (Å²) in [5, 5.41) is 20.9. The molecule has 1 N–H and O–H groups in total. The number of aliphatic hydroxyl groups excluding tert-OH is 1. The first kappa shape index (κ1) is 16.3. The van der Waals surface area contributed by atoms with Crippen LogP contribution in [0.3, 0.4) is 0 Å². The second-order valence-corrected chi connectivity index (χ2v) is 7.49. The van der Waals surface area contributed by atoms with E-state index >= 15 is 0 Å². The predicted molar refractivity (Wildman–Crippen MR) is 89.9 cm³/mol. The van der Waals surface area contributed by atoms with Crippen LogP contribution >= 0.6 is 11.3 Å². The number of Topliss-reactive ketones (excluding diaryl/α,β-unsaturated/α-hetero) is 1. The van der Waals surface area contributed by atoms with Crippen molar-refractivity contribution in [2.24, 2.45) is 11.8 Å². The van der Waals surface area contributed by atoms with E-state index in [1.807, 2.05) is 11.4 Å². The molecule has 0 aromatic carbocycles. The van der Waals surface area contributed by atoms with Gasteiger partial charge in [-0.05, 0) is 55.4 Å². The molecule has 1 saturated carbocycles.